The van der Waals surface area contributed by atoms with E-state index in [0.29, 0.717) is 5.41 Å². The highest BCUT2D eigenvalue weighted by atomic mass is 32.2. The third-order valence-electron chi connectivity index (χ3n) is 4.82. The second-order valence-corrected chi connectivity index (χ2v) is 7.12. The van der Waals surface area contributed by atoms with Gasteiger partial charge in [-0.15, -0.1) is 0 Å². The Labute approximate surface area is 115 Å². The number of piperidine rings is 1. The molecule has 2 heteroatoms. The average molecular weight is 261 g/mol. The van der Waals surface area contributed by atoms with Crippen LogP contribution in [0.3, 0.4) is 0 Å². The summed E-state index contributed by atoms with van der Waals surface area (Å²) in [7, 11) is 0. The first-order chi connectivity index (χ1) is 8.80. The molecule has 2 aliphatic heterocycles. The summed E-state index contributed by atoms with van der Waals surface area (Å²) in [6, 6.07) is 9.18. The number of hydrogen-bond donors (Lipinski definition) is 1. The van der Waals surface area contributed by atoms with Gasteiger partial charge in [0.05, 0.1) is 0 Å². The minimum atomic E-state index is 0.588. The molecule has 2 heterocycles. The van der Waals surface area contributed by atoms with E-state index in [4.69, 9.17) is 0 Å². The van der Waals surface area contributed by atoms with Crippen molar-refractivity contribution in [2.75, 3.05) is 24.6 Å². The highest BCUT2D eigenvalue weighted by Crippen LogP contribution is 2.49. The highest BCUT2D eigenvalue weighted by Gasteiger charge is 2.42. The van der Waals surface area contributed by atoms with Crippen LogP contribution in [0.15, 0.2) is 24.3 Å². The van der Waals surface area contributed by atoms with Gasteiger partial charge in [-0.25, -0.2) is 0 Å². The van der Waals surface area contributed by atoms with Gasteiger partial charge in [-0.2, -0.15) is 11.8 Å². The van der Waals surface area contributed by atoms with Crippen LogP contribution in [0.5, 0.6) is 0 Å². The van der Waals surface area contributed by atoms with Crippen molar-refractivity contribution in [2.45, 2.75) is 32.1 Å². The van der Waals surface area contributed by atoms with Crippen molar-refractivity contribution in [3.63, 3.8) is 0 Å². The van der Waals surface area contributed by atoms with E-state index in [2.05, 4.69) is 48.3 Å². The van der Waals surface area contributed by atoms with Crippen LogP contribution in [0.1, 0.15) is 36.3 Å². The van der Waals surface area contributed by atoms with Crippen molar-refractivity contribution in [2.24, 2.45) is 5.41 Å². The molecule has 0 saturated carbocycles. The van der Waals surface area contributed by atoms with Crippen LogP contribution in [0.25, 0.3) is 0 Å². The predicted octanol–water partition coefficient (Wildman–Crippen LogP) is 3.59. The molecule has 0 bridgehead atoms. The Morgan fingerprint density at radius 2 is 2.06 bits per heavy atom. The smallest absolute Gasteiger partial charge is 0.00255 e. The first-order valence-corrected chi connectivity index (χ1v) is 8.31. The van der Waals surface area contributed by atoms with Crippen molar-refractivity contribution in [1.29, 1.82) is 0 Å². The monoisotopic (exact) mass is 261 g/mol. The molecule has 0 aromatic heterocycles. The van der Waals surface area contributed by atoms with Crippen LogP contribution in [0.4, 0.5) is 0 Å². The molecule has 1 N–H and O–H groups in total. The number of aryl methyl sites for hydroxylation is 1. The maximum Gasteiger partial charge on any atom is 0.00255 e. The molecule has 0 amide bonds. The molecule has 2 saturated heterocycles. The van der Waals surface area contributed by atoms with Crippen molar-refractivity contribution in [3.05, 3.63) is 35.4 Å². The van der Waals surface area contributed by atoms with Crippen LogP contribution in [-0.2, 0) is 0 Å². The average Bonchev–Trinajstić information content (AvgIpc) is 2.40. The van der Waals surface area contributed by atoms with Gasteiger partial charge < -0.3 is 5.32 Å². The summed E-state index contributed by atoms with van der Waals surface area (Å²) in [5, 5.41) is 3.62. The fourth-order valence-corrected chi connectivity index (χ4v) is 5.01. The summed E-state index contributed by atoms with van der Waals surface area (Å²) in [6.07, 6.45) is 4.20. The molecule has 1 nitrogen and oxygen atoms in total. The van der Waals surface area contributed by atoms with E-state index >= 15 is 0 Å². The van der Waals surface area contributed by atoms with Gasteiger partial charge in [0.25, 0.3) is 0 Å². The van der Waals surface area contributed by atoms with Crippen molar-refractivity contribution in [1.82, 2.24) is 5.32 Å². The van der Waals surface area contributed by atoms with Gasteiger partial charge >= 0.3 is 0 Å². The first-order valence-electron chi connectivity index (χ1n) is 7.15. The van der Waals surface area contributed by atoms with E-state index in [0.717, 1.165) is 5.92 Å². The third-order valence-corrected chi connectivity index (χ3v) is 5.81. The molecule has 98 valence electrons. The van der Waals surface area contributed by atoms with Gasteiger partial charge in [0.2, 0.25) is 0 Å². The van der Waals surface area contributed by atoms with Crippen LogP contribution < -0.4 is 5.32 Å². The van der Waals surface area contributed by atoms with E-state index in [-0.39, 0.29) is 0 Å². The Bertz CT molecular complexity index is 401. The largest absolute Gasteiger partial charge is 0.316 e. The lowest BCUT2D eigenvalue weighted by Crippen LogP contribution is -2.45. The zero-order valence-electron chi connectivity index (χ0n) is 11.2. The van der Waals surface area contributed by atoms with Gasteiger partial charge in [0.1, 0.15) is 0 Å². The summed E-state index contributed by atoms with van der Waals surface area (Å²) in [5.74, 6) is 3.46. The second kappa shape index (κ2) is 5.26. The maximum atomic E-state index is 3.62. The van der Waals surface area contributed by atoms with Crippen LogP contribution >= 0.6 is 11.8 Å². The second-order valence-electron chi connectivity index (χ2n) is 5.90. The van der Waals surface area contributed by atoms with Crippen molar-refractivity contribution in [3.8, 4) is 0 Å². The van der Waals surface area contributed by atoms with Gasteiger partial charge in [-0.1, -0.05) is 29.8 Å². The molecule has 0 radical (unpaired) electrons. The molecule has 0 aliphatic carbocycles. The van der Waals surface area contributed by atoms with Crippen LogP contribution in [0.2, 0.25) is 0 Å². The van der Waals surface area contributed by atoms with Gasteiger partial charge in [0, 0.05) is 12.5 Å². The summed E-state index contributed by atoms with van der Waals surface area (Å²) >= 11 is 2.14. The van der Waals surface area contributed by atoms with Crippen molar-refractivity contribution < 1.29 is 0 Å². The molecule has 1 aromatic rings. The Morgan fingerprint density at radius 3 is 2.83 bits per heavy atom. The zero-order chi connectivity index (χ0) is 12.4. The molecule has 2 fully saturated rings. The lowest BCUT2D eigenvalue weighted by atomic mass is 9.64. The molecular formula is C16H23NS. The lowest BCUT2D eigenvalue weighted by Gasteiger charge is -2.47. The Morgan fingerprint density at radius 1 is 1.22 bits per heavy atom. The third kappa shape index (κ3) is 2.33. The molecule has 1 spiro atoms. The fraction of sp³-hybridized carbons (Fsp3) is 0.625. The fourth-order valence-electron chi connectivity index (χ4n) is 3.71. The predicted molar refractivity (Wildman–Crippen MR) is 80.4 cm³/mol. The van der Waals surface area contributed by atoms with E-state index in [9.17, 15) is 0 Å². The number of rotatable bonds is 1. The summed E-state index contributed by atoms with van der Waals surface area (Å²) < 4.78 is 0. The Hall–Kier alpha value is -0.470. The zero-order valence-corrected chi connectivity index (χ0v) is 12.1. The number of benzene rings is 1. The van der Waals surface area contributed by atoms with Gasteiger partial charge in [-0.05, 0) is 55.2 Å². The normalized spacial score (nSPS) is 27.3. The molecular weight excluding hydrogens is 238 g/mol. The van der Waals surface area contributed by atoms with Crippen LogP contribution in [-0.4, -0.2) is 24.6 Å². The molecule has 1 unspecified atom stereocenters. The topological polar surface area (TPSA) is 12.0 Å². The quantitative estimate of drug-likeness (QED) is 0.829. The lowest BCUT2D eigenvalue weighted by molar-refractivity contribution is 0.147. The summed E-state index contributed by atoms with van der Waals surface area (Å²) in [4.78, 5) is 0. The van der Waals surface area contributed by atoms with E-state index in [1.54, 1.807) is 5.56 Å². The standard InChI is InChI=1S/C16H23NS/c1-13-3-2-4-14(11-13)15-12-17-8-5-16(15)6-9-18-10-7-16/h2-4,11,15,17H,5-10,12H2,1H3. The van der Waals surface area contributed by atoms with E-state index in [1.165, 1.54) is 49.4 Å². The summed E-state index contributed by atoms with van der Waals surface area (Å²) in [5.41, 5.74) is 3.55. The molecule has 18 heavy (non-hydrogen) atoms. The van der Waals surface area contributed by atoms with E-state index in [1.807, 2.05) is 0 Å². The van der Waals surface area contributed by atoms with Crippen LogP contribution in [0, 0.1) is 12.3 Å². The van der Waals surface area contributed by atoms with Gasteiger partial charge in [-0.3, -0.25) is 0 Å². The van der Waals surface area contributed by atoms with E-state index < -0.39 is 0 Å². The highest BCUT2D eigenvalue weighted by molar-refractivity contribution is 7.99. The molecule has 3 rings (SSSR count). The first kappa shape index (κ1) is 12.6. The van der Waals surface area contributed by atoms with Gasteiger partial charge in [0.15, 0.2) is 0 Å². The Kier molecular flexibility index (Phi) is 3.67. The number of nitrogens with one attached hydrogen (secondary N) is 1. The molecule has 2 aliphatic rings. The number of thioether (sulfide) groups is 1. The maximum absolute atomic E-state index is 3.62. The Balaban J connectivity index is 1.91. The molecule has 1 aromatic carbocycles. The van der Waals surface area contributed by atoms with Crippen molar-refractivity contribution >= 4 is 11.8 Å². The molecule has 1 atom stereocenters. The minimum Gasteiger partial charge on any atom is -0.316 e. The SMILES string of the molecule is Cc1cccc(C2CNCCC23CCSCC3)c1. The minimum absolute atomic E-state index is 0.588. The number of hydrogen-bond acceptors (Lipinski definition) is 2. The summed E-state index contributed by atoms with van der Waals surface area (Å²) in [6.45, 7) is 4.60.